The van der Waals surface area contributed by atoms with Crippen molar-refractivity contribution in [2.75, 3.05) is 12.4 Å². The molecule has 0 bridgehead atoms. The number of methoxy groups -OCH3 is 1. The number of para-hydroxylation sites is 2. The van der Waals surface area contributed by atoms with Crippen molar-refractivity contribution in [1.82, 2.24) is 0 Å². The summed E-state index contributed by atoms with van der Waals surface area (Å²) in [5.74, 6) is 0.172. The van der Waals surface area contributed by atoms with E-state index < -0.39 is 11.9 Å². The molecule has 0 aliphatic carbocycles. The number of hydrogen-bond donors (Lipinski definition) is 2. The van der Waals surface area contributed by atoms with Gasteiger partial charge in [-0.05, 0) is 29.8 Å². The lowest BCUT2D eigenvalue weighted by atomic mass is 10.1. The first-order valence-electron chi connectivity index (χ1n) is 6.06. The highest BCUT2D eigenvalue weighted by molar-refractivity contribution is 6.30. The van der Waals surface area contributed by atoms with Crippen LogP contribution in [0.3, 0.4) is 0 Å². The molecule has 0 spiro atoms. The Balaban J connectivity index is 2.30. The van der Waals surface area contributed by atoms with Crippen LogP contribution in [0, 0.1) is 0 Å². The van der Waals surface area contributed by atoms with Gasteiger partial charge in [-0.15, -0.1) is 0 Å². The number of carbonyl (C=O) groups is 1. The fraction of sp³-hybridized carbons (Fsp3) is 0.133. The number of nitrogens with one attached hydrogen (secondary N) is 1. The Hall–Kier alpha value is -2.20. The molecule has 2 aromatic rings. The van der Waals surface area contributed by atoms with E-state index in [1.165, 1.54) is 0 Å². The molecule has 0 radical (unpaired) electrons. The van der Waals surface area contributed by atoms with Gasteiger partial charge in [-0.2, -0.15) is 0 Å². The van der Waals surface area contributed by atoms with Crippen molar-refractivity contribution >= 4 is 23.2 Å². The van der Waals surface area contributed by atoms with E-state index in [0.717, 1.165) is 5.56 Å². The number of primary amides is 1. The summed E-state index contributed by atoms with van der Waals surface area (Å²) < 4.78 is 5.25. The van der Waals surface area contributed by atoms with Crippen LogP contribution < -0.4 is 15.8 Å². The molecule has 0 aliphatic rings. The second kappa shape index (κ2) is 6.30. The normalized spacial score (nSPS) is 11.7. The first-order valence-corrected chi connectivity index (χ1v) is 6.44. The standard InChI is InChI=1S/C15H15ClN2O2/c1-20-13-5-3-2-4-12(13)18-14(15(17)19)10-6-8-11(16)9-7-10/h2-9,14,18H,1H3,(H2,17,19). The summed E-state index contributed by atoms with van der Waals surface area (Å²) in [6.07, 6.45) is 0. The van der Waals surface area contributed by atoms with Gasteiger partial charge in [-0.1, -0.05) is 35.9 Å². The third-order valence-electron chi connectivity index (χ3n) is 2.89. The molecule has 3 N–H and O–H groups in total. The molecule has 2 aromatic carbocycles. The monoisotopic (exact) mass is 290 g/mol. The van der Waals surface area contributed by atoms with Gasteiger partial charge in [0.25, 0.3) is 0 Å². The minimum atomic E-state index is -0.649. The van der Waals surface area contributed by atoms with Crippen LogP contribution in [0.5, 0.6) is 5.75 Å². The summed E-state index contributed by atoms with van der Waals surface area (Å²) >= 11 is 5.85. The molecule has 4 nitrogen and oxygen atoms in total. The molecule has 0 saturated carbocycles. The quantitative estimate of drug-likeness (QED) is 0.890. The Labute approximate surface area is 122 Å². The van der Waals surface area contributed by atoms with Gasteiger partial charge in [0, 0.05) is 5.02 Å². The average molecular weight is 291 g/mol. The predicted molar refractivity (Wildman–Crippen MR) is 80.0 cm³/mol. The van der Waals surface area contributed by atoms with Crippen molar-refractivity contribution in [1.29, 1.82) is 0 Å². The highest BCUT2D eigenvalue weighted by atomic mass is 35.5. The van der Waals surface area contributed by atoms with Crippen molar-refractivity contribution in [3.05, 3.63) is 59.1 Å². The molecule has 0 fully saturated rings. The average Bonchev–Trinajstić information content (AvgIpc) is 2.46. The van der Waals surface area contributed by atoms with Crippen molar-refractivity contribution in [2.45, 2.75) is 6.04 Å². The van der Waals surface area contributed by atoms with E-state index in [0.29, 0.717) is 16.5 Å². The minimum absolute atomic E-state index is 0.474. The minimum Gasteiger partial charge on any atom is -0.495 e. The maximum Gasteiger partial charge on any atom is 0.244 e. The van der Waals surface area contributed by atoms with Crippen molar-refractivity contribution in [2.24, 2.45) is 5.73 Å². The van der Waals surface area contributed by atoms with Gasteiger partial charge in [0.1, 0.15) is 11.8 Å². The van der Waals surface area contributed by atoms with Crippen LogP contribution in [0.1, 0.15) is 11.6 Å². The Bertz CT molecular complexity index is 599. The topological polar surface area (TPSA) is 64.3 Å². The molecule has 0 aliphatic heterocycles. The van der Waals surface area contributed by atoms with Gasteiger partial charge >= 0.3 is 0 Å². The Morgan fingerprint density at radius 3 is 2.45 bits per heavy atom. The fourth-order valence-corrected chi connectivity index (χ4v) is 2.02. The second-order valence-corrected chi connectivity index (χ2v) is 4.67. The zero-order chi connectivity index (χ0) is 14.5. The first-order chi connectivity index (χ1) is 9.61. The fourth-order valence-electron chi connectivity index (χ4n) is 1.89. The van der Waals surface area contributed by atoms with Gasteiger partial charge in [0.05, 0.1) is 12.8 Å². The number of ether oxygens (including phenoxy) is 1. The summed E-state index contributed by atoms with van der Waals surface area (Å²) in [7, 11) is 1.57. The summed E-state index contributed by atoms with van der Waals surface area (Å²) in [4.78, 5) is 11.7. The number of amides is 1. The van der Waals surface area contributed by atoms with Crippen LogP contribution in [-0.4, -0.2) is 13.0 Å². The molecule has 104 valence electrons. The molecule has 5 heteroatoms. The summed E-state index contributed by atoms with van der Waals surface area (Å²) in [5.41, 5.74) is 6.92. The molecule has 20 heavy (non-hydrogen) atoms. The maximum absolute atomic E-state index is 11.7. The van der Waals surface area contributed by atoms with Crippen LogP contribution >= 0.6 is 11.6 Å². The Morgan fingerprint density at radius 2 is 1.85 bits per heavy atom. The third kappa shape index (κ3) is 3.22. The lowest BCUT2D eigenvalue weighted by Crippen LogP contribution is -2.27. The number of anilines is 1. The third-order valence-corrected chi connectivity index (χ3v) is 3.15. The molecule has 0 saturated heterocycles. The maximum atomic E-state index is 11.7. The summed E-state index contributed by atoms with van der Waals surface area (Å²) in [6.45, 7) is 0. The SMILES string of the molecule is COc1ccccc1NC(C(N)=O)c1ccc(Cl)cc1. The van der Waals surface area contributed by atoms with Crippen molar-refractivity contribution in [3.63, 3.8) is 0 Å². The largest absolute Gasteiger partial charge is 0.495 e. The lowest BCUT2D eigenvalue weighted by molar-refractivity contribution is -0.118. The zero-order valence-electron chi connectivity index (χ0n) is 11.0. The van der Waals surface area contributed by atoms with Crippen molar-refractivity contribution in [3.8, 4) is 5.75 Å². The molecular weight excluding hydrogens is 276 g/mol. The molecule has 2 rings (SSSR count). The van der Waals surface area contributed by atoms with Gasteiger partial charge in [0.15, 0.2) is 0 Å². The number of hydrogen-bond acceptors (Lipinski definition) is 3. The van der Waals surface area contributed by atoms with Crippen LogP contribution in [-0.2, 0) is 4.79 Å². The van der Waals surface area contributed by atoms with E-state index >= 15 is 0 Å². The molecular formula is C15H15ClN2O2. The smallest absolute Gasteiger partial charge is 0.244 e. The van der Waals surface area contributed by atoms with E-state index in [2.05, 4.69) is 5.32 Å². The van der Waals surface area contributed by atoms with Gasteiger partial charge in [-0.25, -0.2) is 0 Å². The Kier molecular flexibility index (Phi) is 4.48. The number of rotatable bonds is 5. The highest BCUT2D eigenvalue weighted by Gasteiger charge is 2.18. The summed E-state index contributed by atoms with van der Waals surface area (Å²) in [6, 6.07) is 13.7. The molecule has 1 amide bonds. The van der Waals surface area contributed by atoms with E-state index in [9.17, 15) is 4.79 Å². The van der Waals surface area contributed by atoms with Crippen LogP contribution in [0.2, 0.25) is 5.02 Å². The van der Waals surface area contributed by atoms with Crippen LogP contribution in [0.25, 0.3) is 0 Å². The van der Waals surface area contributed by atoms with Gasteiger partial charge in [-0.3, -0.25) is 4.79 Å². The van der Waals surface area contributed by atoms with E-state index in [1.807, 2.05) is 24.3 Å². The predicted octanol–water partition coefficient (Wildman–Crippen LogP) is 2.99. The van der Waals surface area contributed by atoms with Gasteiger partial charge in [0.2, 0.25) is 5.91 Å². The summed E-state index contributed by atoms with van der Waals surface area (Å²) in [5, 5.41) is 3.70. The van der Waals surface area contributed by atoms with Crippen LogP contribution in [0.4, 0.5) is 5.69 Å². The van der Waals surface area contributed by atoms with Gasteiger partial charge < -0.3 is 15.8 Å². The first kappa shape index (κ1) is 14.2. The van der Waals surface area contributed by atoms with E-state index in [4.69, 9.17) is 22.1 Å². The number of halogens is 1. The van der Waals surface area contributed by atoms with E-state index in [-0.39, 0.29) is 0 Å². The molecule has 1 atom stereocenters. The zero-order valence-corrected chi connectivity index (χ0v) is 11.7. The molecule has 0 aromatic heterocycles. The van der Waals surface area contributed by atoms with Crippen LogP contribution in [0.15, 0.2) is 48.5 Å². The molecule has 1 unspecified atom stereocenters. The lowest BCUT2D eigenvalue weighted by Gasteiger charge is -2.19. The van der Waals surface area contributed by atoms with E-state index in [1.54, 1.807) is 31.4 Å². The Morgan fingerprint density at radius 1 is 1.20 bits per heavy atom. The van der Waals surface area contributed by atoms with Crippen molar-refractivity contribution < 1.29 is 9.53 Å². The number of benzene rings is 2. The number of carbonyl (C=O) groups excluding carboxylic acids is 1. The highest BCUT2D eigenvalue weighted by Crippen LogP contribution is 2.28. The number of nitrogens with two attached hydrogens (primary N) is 1. The second-order valence-electron chi connectivity index (χ2n) is 4.23. The molecule has 0 heterocycles.